The van der Waals surface area contributed by atoms with Gasteiger partial charge in [0.25, 0.3) is 0 Å². The number of ether oxygens (including phenoxy) is 1. The lowest BCUT2D eigenvalue weighted by Gasteiger charge is -2.11. The Kier molecular flexibility index (Phi) is 7.59. The van der Waals surface area contributed by atoms with Crippen molar-refractivity contribution in [1.29, 1.82) is 0 Å². The summed E-state index contributed by atoms with van der Waals surface area (Å²) in [6.45, 7) is 3.54. The lowest BCUT2D eigenvalue weighted by molar-refractivity contribution is -0.131. The van der Waals surface area contributed by atoms with Crippen LogP contribution in [0.5, 0.6) is 5.75 Å². The maximum absolute atomic E-state index is 10.7. The summed E-state index contributed by atoms with van der Waals surface area (Å²) in [7, 11) is 0. The molecule has 0 saturated carbocycles. The molecule has 4 heteroatoms. The van der Waals surface area contributed by atoms with E-state index in [0.29, 0.717) is 5.75 Å². The summed E-state index contributed by atoms with van der Waals surface area (Å²) < 4.78 is 4.95. The van der Waals surface area contributed by atoms with Crippen LogP contribution in [0.2, 0.25) is 0 Å². The second-order valence-electron chi connectivity index (χ2n) is 3.91. The largest absolute Gasteiger partial charge is 0.427 e. The summed E-state index contributed by atoms with van der Waals surface area (Å²) in [5, 5.41) is 0. The summed E-state index contributed by atoms with van der Waals surface area (Å²) in [6.07, 6.45) is 3.27. The topological polar surface area (TPSA) is 52.3 Å². The third-order valence-corrected chi connectivity index (χ3v) is 2.44. The fraction of sp³-hybridized carbons (Fsp3) is 0.462. The van der Waals surface area contributed by atoms with E-state index in [9.17, 15) is 4.79 Å². The van der Waals surface area contributed by atoms with Crippen molar-refractivity contribution >= 4 is 18.4 Å². The van der Waals surface area contributed by atoms with E-state index in [-0.39, 0.29) is 24.4 Å². The van der Waals surface area contributed by atoms with Gasteiger partial charge in [-0.3, -0.25) is 4.79 Å². The Bertz CT molecular complexity index is 338. The molecule has 17 heavy (non-hydrogen) atoms. The van der Waals surface area contributed by atoms with E-state index in [0.717, 1.165) is 24.8 Å². The fourth-order valence-corrected chi connectivity index (χ4v) is 1.54. The van der Waals surface area contributed by atoms with E-state index in [1.165, 1.54) is 6.92 Å². The van der Waals surface area contributed by atoms with Gasteiger partial charge in [-0.2, -0.15) is 0 Å². The number of benzene rings is 1. The average Bonchev–Trinajstić information content (AvgIpc) is 2.26. The standard InChI is InChI=1S/C13H19NO2.ClH/c1-3-4-5-13(14)11-6-8-12(9-7-11)16-10(2)15;/h6-9,13H,3-5,14H2,1-2H3;1H/t13-;/m1./s1. The van der Waals surface area contributed by atoms with E-state index in [1.54, 1.807) is 12.1 Å². The minimum absolute atomic E-state index is 0. The minimum Gasteiger partial charge on any atom is -0.427 e. The molecule has 96 valence electrons. The molecule has 1 atom stereocenters. The van der Waals surface area contributed by atoms with Gasteiger partial charge in [0.2, 0.25) is 0 Å². The number of hydrogen-bond acceptors (Lipinski definition) is 3. The SMILES string of the molecule is CCCC[C@@H](N)c1ccc(OC(C)=O)cc1.Cl. The summed E-state index contributed by atoms with van der Waals surface area (Å²) in [5.41, 5.74) is 7.11. The van der Waals surface area contributed by atoms with Crippen LogP contribution in [0.3, 0.4) is 0 Å². The van der Waals surface area contributed by atoms with Gasteiger partial charge in [0.1, 0.15) is 5.75 Å². The molecule has 1 rings (SSSR count). The number of esters is 1. The molecule has 1 aromatic rings. The highest BCUT2D eigenvalue weighted by Crippen LogP contribution is 2.20. The molecular weight excluding hydrogens is 238 g/mol. The van der Waals surface area contributed by atoms with E-state index >= 15 is 0 Å². The van der Waals surface area contributed by atoms with Crippen molar-refractivity contribution < 1.29 is 9.53 Å². The van der Waals surface area contributed by atoms with Crippen molar-refractivity contribution in [2.24, 2.45) is 5.73 Å². The predicted molar refractivity (Wildman–Crippen MR) is 71.5 cm³/mol. The van der Waals surface area contributed by atoms with Crippen LogP contribution in [0, 0.1) is 0 Å². The van der Waals surface area contributed by atoms with Crippen LogP contribution < -0.4 is 10.5 Å². The highest BCUT2D eigenvalue weighted by molar-refractivity contribution is 5.85. The van der Waals surface area contributed by atoms with E-state index in [1.807, 2.05) is 12.1 Å². The van der Waals surface area contributed by atoms with Crippen LogP contribution in [0.1, 0.15) is 44.7 Å². The first kappa shape index (κ1) is 15.9. The molecule has 0 aliphatic heterocycles. The summed E-state index contributed by atoms with van der Waals surface area (Å²) in [6, 6.07) is 7.47. The third kappa shape index (κ3) is 5.71. The van der Waals surface area contributed by atoms with E-state index in [2.05, 4.69) is 6.92 Å². The quantitative estimate of drug-likeness (QED) is 0.651. The monoisotopic (exact) mass is 257 g/mol. The minimum atomic E-state index is -0.303. The van der Waals surface area contributed by atoms with Crippen molar-refractivity contribution in [3.05, 3.63) is 29.8 Å². The van der Waals surface area contributed by atoms with Gasteiger partial charge in [-0.1, -0.05) is 31.9 Å². The number of rotatable bonds is 5. The first-order chi connectivity index (χ1) is 7.63. The van der Waals surface area contributed by atoms with E-state index in [4.69, 9.17) is 10.5 Å². The molecule has 0 unspecified atom stereocenters. The number of unbranched alkanes of at least 4 members (excludes halogenated alkanes) is 1. The number of hydrogen-bond donors (Lipinski definition) is 1. The molecule has 0 fully saturated rings. The van der Waals surface area contributed by atoms with Crippen LogP contribution in [0.15, 0.2) is 24.3 Å². The van der Waals surface area contributed by atoms with Crippen LogP contribution >= 0.6 is 12.4 Å². The Morgan fingerprint density at radius 1 is 1.35 bits per heavy atom. The zero-order valence-electron chi connectivity index (χ0n) is 10.3. The van der Waals surface area contributed by atoms with Gasteiger partial charge in [0.05, 0.1) is 0 Å². The molecule has 0 heterocycles. The molecule has 0 saturated heterocycles. The molecular formula is C13H20ClNO2. The average molecular weight is 258 g/mol. The maximum Gasteiger partial charge on any atom is 0.308 e. The Morgan fingerprint density at radius 3 is 2.41 bits per heavy atom. The third-order valence-electron chi connectivity index (χ3n) is 2.44. The molecule has 0 aliphatic carbocycles. The summed E-state index contributed by atoms with van der Waals surface area (Å²) >= 11 is 0. The molecule has 0 spiro atoms. The Labute approximate surface area is 109 Å². The lowest BCUT2D eigenvalue weighted by Crippen LogP contribution is -2.10. The highest BCUT2D eigenvalue weighted by Gasteiger charge is 2.05. The molecule has 1 aromatic carbocycles. The summed E-state index contributed by atoms with van der Waals surface area (Å²) in [4.78, 5) is 10.7. The van der Waals surface area contributed by atoms with Crippen LogP contribution in [-0.2, 0) is 4.79 Å². The zero-order chi connectivity index (χ0) is 12.0. The molecule has 0 radical (unpaired) electrons. The Hall–Kier alpha value is -1.06. The normalized spacial score (nSPS) is 11.5. The first-order valence-electron chi connectivity index (χ1n) is 5.67. The molecule has 0 aromatic heterocycles. The van der Waals surface area contributed by atoms with Gasteiger partial charge in [-0.25, -0.2) is 0 Å². The molecule has 0 amide bonds. The fourth-order valence-electron chi connectivity index (χ4n) is 1.54. The second kappa shape index (κ2) is 8.09. The molecule has 3 nitrogen and oxygen atoms in total. The van der Waals surface area contributed by atoms with Crippen molar-refractivity contribution in [3.8, 4) is 5.75 Å². The zero-order valence-corrected chi connectivity index (χ0v) is 11.1. The van der Waals surface area contributed by atoms with Crippen LogP contribution in [0.25, 0.3) is 0 Å². The van der Waals surface area contributed by atoms with Gasteiger partial charge in [-0.15, -0.1) is 12.4 Å². The Balaban J connectivity index is 0.00000256. The Morgan fingerprint density at radius 2 is 1.94 bits per heavy atom. The van der Waals surface area contributed by atoms with Crippen molar-refractivity contribution in [2.45, 2.75) is 39.2 Å². The van der Waals surface area contributed by atoms with Gasteiger partial charge in [0.15, 0.2) is 0 Å². The second-order valence-corrected chi connectivity index (χ2v) is 3.91. The lowest BCUT2D eigenvalue weighted by atomic mass is 10.0. The van der Waals surface area contributed by atoms with Crippen molar-refractivity contribution in [2.75, 3.05) is 0 Å². The van der Waals surface area contributed by atoms with Gasteiger partial charge >= 0.3 is 5.97 Å². The van der Waals surface area contributed by atoms with Crippen LogP contribution in [-0.4, -0.2) is 5.97 Å². The van der Waals surface area contributed by atoms with E-state index < -0.39 is 0 Å². The number of carbonyl (C=O) groups is 1. The van der Waals surface area contributed by atoms with Crippen molar-refractivity contribution in [3.63, 3.8) is 0 Å². The van der Waals surface area contributed by atoms with Gasteiger partial charge in [-0.05, 0) is 24.1 Å². The molecule has 0 aliphatic rings. The maximum atomic E-state index is 10.7. The number of nitrogens with two attached hydrogens (primary N) is 1. The smallest absolute Gasteiger partial charge is 0.308 e. The summed E-state index contributed by atoms with van der Waals surface area (Å²) in [5.74, 6) is 0.266. The predicted octanol–water partition coefficient (Wildman–Crippen LogP) is 3.22. The highest BCUT2D eigenvalue weighted by atomic mass is 35.5. The first-order valence-corrected chi connectivity index (χ1v) is 5.67. The van der Waals surface area contributed by atoms with Gasteiger partial charge in [0, 0.05) is 13.0 Å². The number of halogens is 1. The van der Waals surface area contributed by atoms with Gasteiger partial charge < -0.3 is 10.5 Å². The molecule has 0 bridgehead atoms. The van der Waals surface area contributed by atoms with Crippen LogP contribution in [0.4, 0.5) is 0 Å². The number of carbonyl (C=O) groups excluding carboxylic acids is 1. The van der Waals surface area contributed by atoms with Crippen molar-refractivity contribution in [1.82, 2.24) is 0 Å². The molecule has 2 N–H and O–H groups in total.